The fraction of sp³-hybridized carbons (Fsp3) is 0.385. The van der Waals surface area contributed by atoms with Crippen LogP contribution in [0.4, 0.5) is 0 Å². The molecular weight excluding hydrogens is 250 g/mol. The van der Waals surface area contributed by atoms with Gasteiger partial charge < -0.3 is 5.11 Å². The molecule has 0 fully saturated rings. The number of aliphatic hydroxyl groups is 1. The molecule has 0 bridgehead atoms. The van der Waals surface area contributed by atoms with E-state index in [2.05, 4.69) is 6.58 Å². The maximum Gasteiger partial charge on any atom is 0.242 e. The lowest BCUT2D eigenvalue weighted by molar-refractivity contribution is 0.280. The van der Waals surface area contributed by atoms with Crippen molar-refractivity contribution in [3.05, 3.63) is 42.0 Å². The molecular formula is C13H19NO3S. The summed E-state index contributed by atoms with van der Waals surface area (Å²) in [6, 6.07) is 4.79. The highest BCUT2D eigenvalue weighted by Crippen LogP contribution is 2.19. The number of rotatable bonds is 6. The van der Waals surface area contributed by atoms with E-state index in [9.17, 15) is 8.42 Å². The summed E-state index contributed by atoms with van der Waals surface area (Å²) in [6.45, 7) is 5.64. The lowest BCUT2D eigenvalue weighted by Gasteiger charge is -2.17. The molecule has 0 heterocycles. The highest BCUT2D eigenvalue weighted by atomic mass is 32.2. The number of hydrogen-bond donors (Lipinski definition) is 1. The van der Waals surface area contributed by atoms with Crippen molar-refractivity contribution in [1.82, 2.24) is 4.31 Å². The van der Waals surface area contributed by atoms with Crippen molar-refractivity contribution in [2.24, 2.45) is 0 Å². The molecule has 0 amide bonds. The van der Waals surface area contributed by atoms with Crippen LogP contribution in [0, 0.1) is 6.92 Å². The van der Waals surface area contributed by atoms with Crippen LogP contribution in [0.1, 0.15) is 17.5 Å². The van der Waals surface area contributed by atoms with E-state index in [1.807, 2.05) is 6.92 Å². The minimum Gasteiger partial charge on any atom is -0.392 e. The zero-order valence-corrected chi connectivity index (χ0v) is 11.6. The Morgan fingerprint density at radius 3 is 2.67 bits per heavy atom. The molecule has 100 valence electrons. The van der Waals surface area contributed by atoms with E-state index in [0.717, 1.165) is 5.56 Å². The first-order chi connectivity index (χ1) is 8.43. The second-order valence-corrected chi connectivity index (χ2v) is 6.20. The lowest BCUT2D eigenvalue weighted by Crippen LogP contribution is -2.27. The summed E-state index contributed by atoms with van der Waals surface area (Å²) in [7, 11) is -1.95. The van der Waals surface area contributed by atoms with E-state index in [4.69, 9.17) is 5.11 Å². The van der Waals surface area contributed by atoms with E-state index in [0.29, 0.717) is 18.5 Å². The molecule has 4 nitrogen and oxygen atoms in total. The first kappa shape index (κ1) is 14.9. The van der Waals surface area contributed by atoms with Crippen LogP contribution in [-0.4, -0.2) is 31.4 Å². The van der Waals surface area contributed by atoms with Crippen LogP contribution in [0.3, 0.4) is 0 Å². The predicted octanol–water partition coefficient (Wildman–Crippen LogP) is 1.68. The Bertz CT molecular complexity index is 523. The largest absolute Gasteiger partial charge is 0.392 e. The number of benzene rings is 1. The Morgan fingerprint density at radius 1 is 1.44 bits per heavy atom. The van der Waals surface area contributed by atoms with E-state index in [1.54, 1.807) is 18.2 Å². The van der Waals surface area contributed by atoms with Crippen LogP contribution >= 0.6 is 0 Å². The van der Waals surface area contributed by atoms with E-state index >= 15 is 0 Å². The van der Waals surface area contributed by atoms with Crippen molar-refractivity contribution in [1.29, 1.82) is 0 Å². The van der Waals surface area contributed by atoms with Gasteiger partial charge in [0.15, 0.2) is 0 Å². The van der Waals surface area contributed by atoms with Crippen LogP contribution < -0.4 is 0 Å². The minimum absolute atomic E-state index is 0.161. The maximum absolute atomic E-state index is 12.2. The summed E-state index contributed by atoms with van der Waals surface area (Å²) >= 11 is 0. The summed E-state index contributed by atoms with van der Waals surface area (Å²) < 4.78 is 25.7. The molecule has 1 N–H and O–H groups in total. The molecule has 5 heteroatoms. The molecule has 0 saturated heterocycles. The Kier molecular flexibility index (Phi) is 5.07. The predicted molar refractivity (Wildman–Crippen MR) is 71.7 cm³/mol. The van der Waals surface area contributed by atoms with E-state index in [-0.39, 0.29) is 11.5 Å². The molecule has 0 spiro atoms. The molecule has 1 rings (SSSR count). The molecule has 0 aliphatic carbocycles. The fourth-order valence-corrected chi connectivity index (χ4v) is 2.79. The maximum atomic E-state index is 12.2. The topological polar surface area (TPSA) is 57.6 Å². The highest BCUT2D eigenvalue weighted by molar-refractivity contribution is 7.89. The van der Waals surface area contributed by atoms with Gasteiger partial charge in [0.05, 0.1) is 11.5 Å². The molecule has 0 radical (unpaired) electrons. The van der Waals surface area contributed by atoms with Crippen molar-refractivity contribution in [3.63, 3.8) is 0 Å². The lowest BCUT2D eigenvalue weighted by atomic mass is 10.1. The third-order valence-electron chi connectivity index (χ3n) is 2.85. The van der Waals surface area contributed by atoms with Crippen LogP contribution in [0.25, 0.3) is 0 Å². The number of hydrogen-bond acceptors (Lipinski definition) is 3. The van der Waals surface area contributed by atoms with Crippen molar-refractivity contribution in [3.8, 4) is 0 Å². The average molecular weight is 269 g/mol. The van der Waals surface area contributed by atoms with Gasteiger partial charge in [0.1, 0.15) is 0 Å². The third-order valence-corrected chi connectivity index (χ3v) is 4.70. The standard InChI is InChI=1S/C13H19NO3S/c1-4-5-8-14(3)18(16,17)13-7-6-11(2)12(9-13)10-15/h4,6-7,9,15H,1,5,8,10H2,2-3H3. The van der Waals surface area contributed by atoms with Crippen molar-refractivity contribution in [2.75, 3.05) is 13.6 Å². The Morgan fingerprint density at radius 2 is 2.11 bits per heavy atom. The Labute approximate surface area is 109 Å². The SMILES string of the molecule is C=CCCN(C)S(=O)(=O)c1ccc(C)c(CO)c1. The molecule has 1 aromatic rings. The summed E-state index contributed by atoms with van der Waals surface area (Å²) in [5.41, 5.74) is 1.51. The monoisotopic (exact) mass is 269 g/mol. The molecule has 0 aromatic heterocycles. The molecule has 18 heavy (non-hydrogen) atoms. The van der Waals surface area contributed by atoms with Gasteiger partial charge in [0, 0.05) is 13.6 Å². The second-order valence-electron chi connectivity index (χ2n) is 4.15. The van der Waals surface area contributed by atoms with Gasteiger partial charge in [-0.2, -0.15) is 0 Å². The first-order valence-electron chi connectivity index (χ1n) is 5.71. The Balaban J connectivity index is 3.08. The van der Waals surface area contributed by atoms with Gasteiger partial charge in [-0.3, -0.25) is 0 Å². The van der Waals surface area contributed by atoms with Gasteiger partial charge in [0.25, 0.3) is 0 Å². The normalized spacial score (nSPS) is 11.8. The summed E-state index contributed by atoms with van der Waals surface area (Å²) in [5.74, 6) is 0. The van der Waals surface area contributed by atoms with Crippen molar-refractivity contribution < 1.29 is 13.5 Å². The van der Waals surface area contributed by atoms with Gasteiger partial charge in [-0.25, -0.2) is 12.7 Å². The molecule has 0 atom stereocenters. The van der Waals surface area contributed by atoms with Gasteiger partial charge >= 0.3 is 0 Å². The molecule has 0 aliphatic rings. The van der Waals surface area contributed by atoms with Gasteiger partial charge in [-0.05, 0) is 36.6 Å². The molecule has 0 saturated carbocycles. The number of nitrogens with zero attached hydrogens (tertiary/aromatic N) is 1. The summed E-state index contributed by atoms with van der Waals surface area (Å²) in [4.78, 5) is 0.212. The number of aliphatic hydroxyl groups excluding tert-OH is 1. The quantitative estimate of drug-likeness (QED) is 0.799. The van der Waals surface area contributed by atoms with Crippen molar-refractivity contribution >= 4 is 10.0 Å². The van der Waals surface area contributed by atoms with Gasteiger partial charge in [-0.15, -0.1) is 6.58 Å². The van der Waals surface area contributed by atoms with Crippen molar-refractivity contribution in [2.45, 2.75) is 24.8 Å². The van der Waals surface area contributed by atoms with Crippen LogP contribution in [0.5, 0.6) is 0 Å². The average Bonchev–Trinajstić information content (AvgIpc) is 2.36. The fourth-order valence-electron chi connectivity index (χ4n) is 1.55. The summed E-state index contributed by atoms with van der Waals surface area (Å²) in [6.07, 6.45) is 2.29. The second kappa shape index (κ2) is 6.13. The van der Waals surface area contributed by atoms with Gasteiger partial charge in [-0.1, -0.05) is 12.1 Å². The van der Waals surface area contributed by atoms with Crippen LogP contribution in [0.15, 0.2) is 35.7 Å². The van der Waals surface area contributed by atoms with Gasteiger partial charge in [0.2, 0.25) is 10.0 Å². The third kappa shape index (κ3) is 3.19. The zero-order chi connectivity index (χ0) is 13.8. The molecule has 0 aliphatic heterocycles. The number of sulfonamides is 1. The number of aryl methyl sites for hydroxylation is 1. The van der Waals surface area contributed by atoms with Crippen LogP contribution in [-0.2, 0) is 16.6 Å². The molecule has 0 unspecified atom stereocenters. The highest BCUT2D eigenvalue weighted by Gasteiger charge is 2.20. The molecule has 1 aromatic carbocycles. The minimum atomic E-state index is -3.49. The smallest absolute Gasteiger partial charge is 0.242 e. The zero-order valence-electron chi connectivity index (χ0n) is 10.8. The van der Waals surface area contributed by atoms with E-state index < -0.39 is 10.0 Å². The Hall–Kier alpha value is -1.17. The van der Waals surface area contributed by atoms with E-state index in [1.165, 1.54) is 17.4 Å². The van der Waals surface area contributed by atoms with Crippen LogP contribution in [0.2, 0.25) is 0 Å². The summed E-state index contributed by atoms with van der Waals surface area (Å²) in [5, 5.41) is 9.17. The first-order valence-corrected chi connectivity index (χ1v) is 7.15.